The number of nitrogens with two attached hydrogens (primary N) is 1. The second kappa shape index (κ2) is 5.34. The zero-order chi connectivity index (χ0) is 15.0. The van der Waals surface area contributed by atoms with Crippen LogP contribution in [0.3, 0.4) is 0 Å². The molecule has 0 saturated carbocycles. The average molecular weight is 317 g/mol. The minimum Gasteiger partial charge on any atom is -0.477 e. The highest BCUT2D eigenvalue weighted by atomic mass is 32.2. The van der Waals surface area contributed by atoms with Crippen molar-refractivity contribution in [2.24, 2.45) is 0 Å². The molecule has 3 N–H and O–H groups in total. The molecular formula is C14H11N3O2S2. The van der Waals surface area contributed by atoms with Crippen molar-refractivity contribution in [2.45, 2.75) is 5.16 Å². The monoisotopic (exact) mass is 317 g/mol. The average Bonchev–Trinajstić information content (AvgIpc) is 2.84. The van der Waals surface area contributed by atoms with E-state index in [1.54, 1.807) is 0 Å². The van der Waals surface area contributed by atoms with Gasteiger partial charge in [-0.2, -0.15) is 0 Å². The zero-order valence-electron chi connectivity index (χ0n) is 11.0. The fourth-order valence-corrected chi connectivity index (χ4v) is 3.41. The fourth-order valence-electron chi connectivity index (χ4n) is 2.06. The van der Waals surface area contributed by atoms with Crippen molar-refractivity contribution in [1.82, 2.24) is 9.97 Å². The van der Waals surface area contributed by atoms with Crippen LogP contribution in [0, 0.1) is 0 Å². The zero-order valence-corrected chi connectivity index (χ0v) is 12.7. The molecule has 0 bridgehead atoms. The van der Waals surface area contributed by atoms with Crippen LogP contribution in [-0.4, -0.2) is 27.3 Å². The Hall–Kier alpha value is -2.12. The number of rotatable bonds is 3. The maximum atomic E-state index is 11.3. The molecule has 0 saturated heterocycles. The number of thiophene rings is 1. The summed E-state index contributed by atoms with van der Waals surface area (Å²) in [6.45, 7) is 0. The minimum absolute atomic E-state index is 0.106. The standard InChI is InChI=1S/C14H11N3O2S2/c1-20-14-16-10(7-5-3-2-4-6-7)8-9(15)11(13(18)19)21-12(8)17-14/h2-6H,15H2,1H3,(H,18,19). The number of hydrogen-bond donors (Lipinski definition) is 2. The van der Waals surface area contributed by atoms with Gasteiger partial charge in [0.15, 0.2) is 5.16 Å². The molecule has 2 aromatic heterocycles. The second-order valence-electron chi connectivity index (χ2n) is 4.26. The van der Waals surface area contributed by atoms with Crippen LogP contribution in [0.15, 0.2) is 35.5 Å². The van der Waals surface area contributed by atoms with Crippen LogP contribution in [-0.2, 0) is 0 Å². The van der Waals surface area contributed by atoms with Crippen molar-refractivity contribution in [2.75, 3.05) is 12.0 Å². The maximum Gasteiger partial charge on any atom is 0.348 e. The van der Waals surface area contributed by atoms with E-state index in [1.165, 1.54) is 11.8 Å². The summed E-state index contributed by atoms with van der Waals surface area (Å²) in [7, 11) is 0. The van der Waals surface area contributed by atoms with Crippen LogP contribution in [0.5, 0.6) is 0 Å². The first-order chi connectivity index (χ1) is 10.1. The normalized spacial score (nSPS) is 10.9. The third kappa shape index (κ3) is 2.34. The molecule has 0 atom stereocenters. The first-order valence-corrected chi connectivity index (χ1v) is 8.08. The molecule has 3 rings (SSSR count). The molecule has 2 heterocycles. The maximum absolute atomic E-state index is 11.3. The van der Waals surface area contributed by atoms with E-state index in [0.29, 0.717) is 21.1 Å². The summed E-state index contributed by atoms with van der Waals surface area (Å²) in [6, 6.07) is 9.56. The van der Waals surface area contributed by atoms with Crippen molar-refractivity contribution < 1.29 is 9.90 Å². The van der Waals surface area contributed by atoms with Gasteiger partial charge in [-0.3, -0.25) is 0 Å². The number of thioether (sulfide) groups is 1. The van der Waals surface area contributed by atoms with E-state index in [2.05, 4.69) is 9.97 Å². The molecule has 0 aliphatic rings. The van der Waals surface area contributed by atoms with Crippen molar-refractivity contribution in [1.29, 1.82) is 0 Å². The number of aromatic nitrogens is 2. The molecule has 0 spiro atoms. The van der Waals surface area contributed by atoms with E-state index in [1.807, 2.05) is 36.6 Å². The highest BCUT2D eigenvalue weighted by molar-refractivity contribution is 7.98. The Morgan fingerprint density at radius 1 is 1.29 bits per heavy atom. The van der Waals surface area contributed by atoms with Crippen molar-refractivity contribution in [3.63, 3.8) is 0 Å². The molecule has 0 aliphatic heterocycles. The van der Waals surface area contributed by atoms with Gasteiger partial charge in [0.1, 0.15) is 9.71 Å². The smallest absolute Gasteiger partial charge is 0.348 e. The van der Waals surface area contributed by atoms with Gasteiger partial charge in [0.2, 0.25) is 0 Å². The van der Waals surface area contributed by atoms with E-state index >= 15 is 0 Å². The van der Waals surface area contributed by atoms with Crippen molar-refractivity contribution in [3.05, 3.63) is 35.2 Å². The highest BCUT2D eigenvalue weighted by Crippen LogP contribution is 2.39. The van der Waals surface area contributed by atoms with Crippen LogP contribution >= 0.6 is 23.1 Å². The molecule has 3 aromatic rings. The lowest BCUT2D eigenvalue weighted by atomic mass is 10.1. The third-order valence-corrected chi connectivity index (χ3v) is 4.63. The first kappa shape index (κ1) is 13.8. The summed E-state index contributed by atoms with van der Waals surface area (Å²) in [5, 5.41) is 10.4. The number of aromatic carboxylic acids is 1. The van der Waals surface area contributed by atoms with Gasteiger partial charge in [-0.15, -0.1) is 11.3 Å². The van der Waals surface area contributed by atoms with E-state index in [-0.39, 0.29) is 10.6 Å². The van der Waals surface area contributed by atoms with Crippen LogP contribution in [0.1, 0.15) is 9.67 Å². The lowest BCUT2D eigenvalue weighted by molar-refractivity contribution is 0.0703. The Bertz CT molecular complexity index is 831. The lowest BCUT2D eigenvalue weighted by Crippen LogP contribution is -1.98. The number of hydrogen-bond acceptors (Lipinski definition) is 6. The molecular weight excluding hydrogens is 306 g/mol. The summed E-state index contributed by atoms with van der Waals surface area (Å²) in [5.41, 5.74) is 7.81. The fraction of sp³-hybridized carbons (Fsp3) is 0.0714. The largest absolute Gasteiger partial charge is 0.477 e. The summed E-state index contributed by atoms with van der Waals surface area (Å²) >= 11 is 2.49. The number of anilines is 1. The van der Waals surface area contributed by atoms with Gasteiger partial charge in [0.25, 0.3) is 0 Å². The van der Waals surface area contributed by atoms with E-state index in [4.69, 9.17) is 5.73 Å². The van der Waals surface area contributed by atoms with Crippen LogP contribution in [0.2, 0.25) is 0 Å². The predicted molar refractivity (Wildman–Crippen MR) is 86.0 cm³/mol. The van der Waals surface area contributed by atoms with Crippen molar-refractivity contribution in [3.8, 4) is 11.3 Å². The van der Waals surface area contributed by atoms with Gasteiger partial charge >= 0.3 is 5.97 Å². The number of carboxylic acids is 1. The Balaban J connectivity index is 2.39. The third-order valence-electron chi connectivity index (χ3n) is 2.99. The Morgan fingerprint density at radius 3 is 2.62 bits per heavy atom. The van der Waals surface area contributed by atoms with E-state index < -0.39 is 5.97 Å². The van der Waals surface area contributed by atoms with Crippen LogP contribution in [0.4, 0.5) is 5.69 Å². The van der Waals surface area contributed by atoms with Crippen LogP contribution in [0.25, 0.3) is 21.5 Å². The van der Waals surface area contributed by atoms with Crippen molar-refractivity contribution >= 4 is 45.0 Å². The van der Waals surface area contributed by atoms with E-state index in [9.17, 15) is 9.90 Å². The molecule has 5 nitrogen and oxygen atoms in total. The molecule has 0 amide bonds. The summed E-state index contributed by atoms with van der Waals surface area (Å²) in [5.74, 6) is -1.04. The Labute approximate surface area is 128 Å². The van der Waals surface area contributed by atoms with Gasteiger partial charge in [-0.05, 0) is 6.26 Å². The van der Waals surface area contributed by atoms with Gasteiger partial charge in [0.05, 0.1) is 16.8 Å². The number of carbonyl (C=O) groups is 1. The molecule has 0 radical (unpaired) electrons. The van der Waals surface area contributed by atoms with Gasteiger partial charge < -0.3 is 10.8 Å². The van der Waals surface area contributed by atoms with Gasteiger partial charge in [0, 0.05) is 5.56 Å². The lowest BCUT2D eigenvalue weighted by Gasteiger charge is -2.05. The Morgan fingerprint density at radius 2 is 2.00 bits per heavy atom. The Kier molecular flexibility index (Phi) is 3.52. The summed E-state index contributed by atoms with van der Waals surface area (Å²) < 4.78 is 0. The molecule has 7 heteroatoms. The van der Waals surface area contributed by atoms with Crippen LogP contribution < -0.4 is 5.73 Å². The molecule has 106 valence electrons. The van der Waals surface area contributed by atoms with E-state index in [0.717, 1.165) is 16.9 Å². The molecule has 21 heavy (non-hydrogen) atoms. The van der Waals surface area contributed by atoms with Gasteiger partial charge in [-0.25, -0.2) is 14.8 Å². The quantitative estimate of drug-likeness (QED) is 0.569. The molecule has 0 fully saturated rings. The number of nitrogens with zero attached hydrogens (tertiary/aromatic N) is 2. The number of carboxylic acid groups (broad SMARTS) is 1. The first-order valence-electron chi connectivity index (χ1n) is 6.04. The van der Waals surface area contributed by atoms with Gasteiger partial charge in [-0.1, -0.05) is 42.1 Å². The topological polar surface area (TPSA) is 89.1 Å². The highest BCUT2D eigenvalue weighted by Gasteiger charge is 2.21. The SMILES string of the molecule is CSc1nc(-c2ccccc2)c2c(N)c(C(=O)O)sc2n1. The predicted octanol–water partition coefficient (Wildman–Crippen LogP) is 3.36. The second-order valence-corrected chi connectivity index (χ2v) is 6.03. The molecule has 1 aromatic carbocycles. The summed E-state index contributed by atoms with van der Waals surface area (Å²) in [4.78, 5) is 20.9. The molecule has 0 aliphatic carbocycles. The minimum atomic E-state index is -1.04. The number of nitrogen functional groups attached to an aromatic ring is 1. The number of benzene rings is 1. The molecule has 0 unspecified atom stereocenters. The number of fused-ring (bicyclic) bond motifs is 1. The summed E-state index contributed by atoms with van der Waals surface area (Å²) in [6.07, 6.45) is 1.88.